The van der Waals surface area contributed by atoms with E-state index in [1.54, 1.807) is 0 Å². The third-order valence-electron chi connectivity index (χ3n) is 2.86. The van der Waals surface area contributed by atoms with Gasteiger partial charge in [-0.2, -0.15) is 0 Å². The predicted octanol–water partition coefficient (Wildman–Crippen LogP) is 0.178. The minimum Gasteiger partial charge on any atom is -0.480 e. The molecule has 0 aromatic carbocycles. The van der Waals surface area contributed by atoms with E-state index >= 15 is 0 Å². The van der Waals surface area contributed by atoms with Gasteiger partial charge in [-0.05, 0) is 19.9 Å². The SMILES string of the molecule is C=CC(=O)N1CCN(C(C)C)C(C(=O)O)C1. The van der Waals surface area contributed by atoms with Crippen molar-refractivity contribution in [2.75, 3.05) is 19.6 Å². The van der Waals surface area contributed by atoms with Crippen LogP contribution in [0.15, 0.2) is 12.7 Å². The van der Waals surface area contributed by atoms with E-state index in [2.05, 4.69) is 6.58 Å². The zero-order valence-corrected chi connectivity index (χ0v) is 9.72. The number of carboxylic acid groups (broad SMARTS) is 1. The molecule has 1 rings (SSSR count). The summed E-state index contributed by atoms with van der Waals surface area (Å²) >= 11 is 0. The minimum atomic E-state index is -0.879. The quantitative estimate of drug-likeness (QED) is 0.697. The highest BCUT2D eigenvalue weighted by molar-refractivity contribution is 5.87. The lowest BCUT2D eigenvalue weighted by Gasteiger charge is -2.41. The number of carboxylic acids is 1. The first-order valence-electron chi connectivity index (χ1n) is 5.37. The van der Waals surface area contributed by atoms with Gasteiger partial charge in [0.2, 0.25) is 5.91 Å². The maximum absolute atomic E-state index is 11.4. The Labute approximate surface area is 95.3 Å². The van der Waals surface area contributed by atoms with Crippen molar-refractivity contribution in [2.45, 2.75) is 25.9 Å². The second-order valence-corrected chi connectivity index (χ2v) is 4.17. The van der Waals surface area contributed by atoms with Gasteiger partial charge in [0.25, 0.3) is 0 Å². The number of carbonyl (C=O) groups excluding carboxylic acids is 1. The second-order valence-electron chi connectivity index (χ2n) is 4.17. The molecule has 1 unspecified atom stereocenters. The van der Waals surface area contributed by atoms with Crippen LogP contribution in [0.5, 0.6) is 0 Å². The molecular formula is C11H18N2O3. The minimum absolute atomic E-state index is 0.169. The fourth-order valence-corrected chi connectivity index (χ4v) is 1.96. The summed E-state index contributed by atoms with van der Waals surface area (Å²) in [4.78, 5) is 26.0. The Morgan fingerprint density at radius 2 is 2.06 bits per heavy atom. The van der Waals surface area contributed by atoms with Gasteiger partial charge in [0.05, 0.1) is 0 Å². The van der Waals surface area contributed by atoms with Gasteiger partial charge in [-0.25, -0.2) is 0 Å². The van der Waals surface area contributed by atoms with E-state index < -0.39 is 12.0 Å². The van der Waals surface area contributed by atoms with Crippen molar-refractivity contribution in [1.29, 1.82) is 0 Å². The molecule has 1 aliphatic rings. The highest BCUT2D eigenvalue weighted by Crippen LogP contribution is 2.13. The molecular weight excluding hydrogens is 208 g/mol. The summed E-state index contributed by atoms with van der Waals surface area (Å²) in [6.45, 7) is 8.71. The molecule has 5 nitrogen and oxygen atoms in total. The molecule has 1 saturated heterocycles. The van der Waals surface area contributed by atoms with Gasteiger partial charge in [0, 0.05) is 25.7 Å². The lowest BCUT2D eigenvalue weighted by molar-refractivity contribution is -0.148. The van der Waals surface area contributed by atoms with Crippen molar-refractivity contribution in [2.24, 2.45) is 0 Å². The highest BCUT2D eigenvalue weighted by Gasteiger charge is 2.34. The topological polar surface area (TPSA) is 60.9 Å². The van der Waals surface area contributed by atoms with E-state index in [-0.39, 0.29) is 18.5 Å². The van der Waals surface area contributed by atoms with Gasteiger partial charge in [0.1, 0.15) is 6.04 Å². The Bertz CT molecular complexity index is 302. The van der Waals surface area contributed by atoms with Crippen LogP contribution in [0, 0.1) is 0 Å². The van der Waals surface area contributed by atoms with E-state index in [0.29, 0.717) is 13.1 Å². The third kappa shape index (κ3) is 2.61. The first-order valence-corrected chi connectivity index (χ1v) is 5.37. The number of rotatable bonds is 3. The summed E-state index contributed by atoms with van der Waals surface area (Å²) in [6, 6.07) is -0.445. The van der Waals surface area contributed by atoms with E-state index in [1.807, 2.05) is 18.7 Å². The lowest BCUT2D eigenvalue weighted by Crippen LogP contribution is -2.59. The number of carbonyl (C=O) groups is 2. The molecule has 0 saturated carbocycles. The summed E-state index contributed by atoms with van der Waals surface area (Å²) in [5.74, 6) is -1.08. The molecule has 0 radical (unpaired) electrons. The summed E-state index contributed by atoms with van der Waals surface area (Å²) in [5, 5.41) is 9.12. The monoisotopic (exact) mass is 226 g/mol. The van der Waals surface area contributed by atoms with Crippen LogP contribution in [0.3, 0.4) is 0 Å². The number of hydrogen-bond acceptors (Lipinski definition) is 3. The summed E-state index contributed by atoms with van der Waals surface area (Å²) < 4.78 is 0. The molecule has 0 aliphatic carbocycles. The Kier molecular flexibility index (Phi) is 4.06. The van der Waals surface area contributed by atoms with Gasteiger partial charge < -0.3 is 10.0 Å². The molecule has 0 spiro atoms. The van der Waals surface area contributed by atoms with Crippen LogP contribution in [0.25, 0.3) is 0 Å². The van der Waals surface area contributed by atoms with Gasteiger partial charge in [-0.3, -0.25) is 14.5 Å². The number of piperazine rings is 1. The predicted molar refractivity (Wildman–Crippen MR) is 60.0 cm³/mol. The van der Waals surface area contributed by atoms with Crippen LogP contribution in [-0.2, 0) is 9.59 Å². The highest BCUT2D eigenvalue weighted by atomic mass is 16.4. The smallest absolute Gasteiger partial charge is 0.322 e. The number of amides is 1. The molecule has 16 heavy (non-hydrogen) atoms. The van der Waals surface area contributed by atoms with Crippen LogP contribution in [-0.4, -0.2) is 58.5 Å². The summed E-state index contributed by atoms with van der Waals surface area (Å²) in [5.41, 5.74) is 0. The largest absolute Gasteiger partial charge is 0.480 e. The van der Waals surface area contributed by atoms with Crippen molar-refractivity contribution in [3.63, 3.8) is 0 Å². The zero-order chi connectivity index (χ0) is 12.3. The van der Waals surface area contributed by atoms with E-state index in [1.165, 1.54) is 11.0 Å². The Balaban J connectivity index is 2.76. The standard InChI is InChI=1S/C11H18N2O3/c1-4-10(14)12-5-6-13(8(2)3)9(7-12)11(15)16/h4,8-9H,1,5-7H2,2-3H3,(H,15,16). The fourth-order valence-electron chi connectivity index (χ4n) is 1.96. The average molecular weight is 226 g/mol. The molecule has 0 aromatic rings. The van der Waals surface area contributed by atoms with Crippen LogP contribution in [0.1, 0.15) is 13.8 Å². The van der Waals surface area contributed by atoms with Crippen molar-refractivity contribution >= 4 is 11.9 Å². The molecule has 1 heterocycles. The first-order chi connectivity index (χ1) is 7.47. The fraction of sp³-hybridized carbons (Fsp3) is 0.636. The summed E-state index contributed by atoms with van der Waals surface area (Å²) in [7, 11) is 0. The molecule has 1 fully saturated rings. The number of nitrogens with zero attached hydrogens (tertiary/aromatic N) is 2. The third-order valence-corrected chi connectivity index (χ3v) is 2.86. The molecule has 1 aliphatic heterocycles. The van der Waals surface area contributed by atoms with Crippen LogP contribution in [0.4, 0.5) is 0 Å². The molecule has 1 N–H and O–H groups in total. The van der Waals surface area contributed by atoms with E-state index in [4.69, 9.17) is 5.11 Å². The van der Waals surface area contributed by atoms with E-state index in [9.17, 15) is 9.59 Å². The van der Waals surface area contributed by atoms with Crippen molar-refractivity contribution in [3.05, 3.63) is 12.7 Å². The Morgan fingerprint density at radius 1 is 1.44 bits per heavy atom. The van der Waals surface area contributed by atoms with Gasteiger partial charge in [-0.15, -0.1) is 0 Å². The molecule has 0 bridgehead atoms. The molecule has 90 valence electrons. The maximum Gasteiger partial charge on any atom is 0.322 e. The van der Waals surface area contributed by atoms with E-state index in [0.717, 1.165) is 0 Å². The zero-order valence-electron chi connectivity index (χ0n) is 9.72. The van der Waals surface area contributed by atoms with Crippen molar-refractivity contribution in [3.8, 4) is 0 Å². The van der Waals surface area contributed by atoms with Crippen molar-refractivity contribution in [1.82, 2.24) is 9.80 Å². The van der Waals surface area contributed by atoms with Gasteiger partial charge in [-0.1, -0.05) is 6.58 Å². The van der Waals surface area contributed by atoms with Crippen molar-refractivity contribution < 1.29 is 14.7 Å². The molecule has 5 heteroatoms. The molecule has 1 atom stereocenters. The summed E-state index contributed by atoms with van der Waals surface area (Å²) in [6.07, 6.45) is 1.23. The second kappa shape index (κ2) is 5.12. The van der Waals surface area contributed by atoms with Crippen LogP contribution in [0.2, 0.25) is 0 Å². The molecule has 0 aromatic heterocycles. The Hall–Kier alpha value is -1.36. The first kappa shape index (κ1) is 12.7. The lowest BCUT2D eigenvalue weighted by atomic mass is 10.1. The molecule has 1 amide bonds. The average Bonchev–Trinajstić information content (AvgIpc) is 2.26. The van der Waals surface area contributed by atoms with Gasteiger partial charge in [0.15, 0.2) is 0 Å². The normalized spacial score (nSPS) is 22.2. The maximum atomic E-state index is 11.4. The number of aliphatic carboxylic acids is 1. The Morgan fingerprint density at radius 3 is 2.50 bits per heavy atom. The number of hydrogen-bond donors (Lipinski definition) is 1. The van der Waals surface area contributed by atoms with Crippen LogP contribution >= 0.6 is 0 Å². The van der Waals surface area contributed by atoms with Gasteiger partial charge >= 0.3 is 5.97 Å². The van der Waals surface area contributed by atoms with Crippen LogP contribution < -0.4 is 0 Å².